The SMILES string of the molecule is c1ccc([C@@H]2OCC[NH+]2C[C@@H]2COC3(CCCCC3)O2)cc1. The van der Waals surface area contributed by atoms with Crippen molar-refractivity contribution in [3.05, 3.63) is 35.9 Å². The van der Waals surface area contributed by atoms with Gasteiger partial charge in [0.25, 0.3) is 0 Å². The van der Waals surface area contributed by atoms with Crippen LogP contribution in [-0.2, 0) is 14.2 Å². The summed E-state index contributed by atoms with van der Waals surface area (Å²) in [5.41, 5.74) is 1.27. The van der Waals surface area contributed by atoms with Crippen molar-refractivity contribution < 1.29 is 19.1 Å². The molecule has 0 amide bonds. The van der Waals surface area contributed by atoms with E-state index in [1.165, 1.54) is 29.7 Å². The summed E-state index contributed by atoms with van der Waals surface area (Å²) in [7, 11) is 0. The Labute approximate surface area is 132 Å². The zero-order valence-corrected chi connectivity index (χ0v) is 13.1. The number of quaternary nitrogens is 1. The summed E-state index contributed by atoms with van der Waals surface area (Å²) in [6.07, 6.45) is 6.28. The number of nitrogens with one attached hydrogen (secondary N) is 1. The molecule has 2 saturated heterocycles. The van der Waals surface area contributed by atoms with Gasteiger partial charge in [-0.1, -0.05) is 36.8 Å². The molecule has 1 spiro atoms. The molecule has 22 heavy (non-hydrogen) atoms. The van der Waals surface area contributed by atoms with Gasteiger partial charge in [-0.3, -0.25) is 0 Å². The predicted octanol–water partition coefficient (Wildman–Crippen LogP) is 1.68. The van der Waals surface area contributed by atoms with Crippen LogP contribution in [-0.4, -0.2) is 38.2 Å². The molecule has 4 nitrogen and oxygen atoms in total. The highest BCUT2D eigenvalue weighted by Gasteiger charge is 2.44. The lowest BCUT2D eigenvalue weighted by molar-refractivity contribution is -0.934. The van der Waals surface area contributed by atoms with Crippen LogP contribution in [0.2, 0.25) is 0 Å². The van der Waals surface area contributed by atoms with Crippen LogP contribution in [0, 0.1) is 0 Å². The Balaban J connectivity index is 1.39. The molecule has 0 bridgehead atoms. The Bertz CT molecular complexity index is 486. The first-order valence-electron chi connectivity index (χ1n) is 8.68. The van der Waals surface area contributed by atoms with E-state index in [4.69, 9.17) is 14.2 Å². The van der Waals surface area contributed by atoms with E-state index >= 15 is 0 Å². The van der Waals surface area contributed by atoms with Crippen molar-refractivity contribution in [1.29, 1.82) is 0 Å². The number of rotatable bonds is 3. The molecule has 3 atom stereocenters. The fraction of sp³-hybridized carbons (Fsp3) is 0.667. The van der Waals surface area contributed by atoms with Crippen LogP contribution in [0.3, 0.4) is 0 Å². The van der Waals surface area contributed by atoms with Gasteiger partial charge in [-0.05, 0) is 12.8 Å². The fourth-order valence-corrected chi connectivity index (χ4v) is 4.09. The average molecular weight is 304 g/mol. The van der Waals surface area contributed by atoms with Gasteiger partial charge in [0.1, 0.15) is 25.8 Å². The molecular weight excluding hydrogens is 278 g/mol. The monoisotopic (exact) mass is 304 g/mol. The van der Waals surface area contributed by atoms with Crippen molar-refractivity contribution in [2.24, 2.45) is 0 Å². The molecule has 4 rings (SSSR count). The van der Waals surface area contributed by atoms with Gasteiger partial charge < -0.3 is 19.1 Å². The van der Waals surface area contributed by atoms with Crippen LogP contribution < -0.4 is 4.90 Å². The minimum absolute atomic E-state index is 0.146. The van der Waals surface area contributed by atoms with Gasteiger partial charge in [-0.2, -0.15) is 0 Å². The van der Waals surface area contributed by atoms with Crippen LogP contribution in [0.15, 0.2) is 30.3 Å². The molecule has 1 aliphatic carbocycles. The second-order valence-corrected chi connectivity index (χ2v) is 6.80. The van der Waals surface area contributed by atoms with Crippen molar-refractivity contribution >= 4 is 0 Å². The van der Waals surface area contributed by atoms with E-state index in [-0.39, 0.29) is 18.1 Å². The minimum atomic E-state index is -0.259. The normalized spacial score (nSPS) is 34.3. The summed E-state index contributed by atoms with van der Waals surface area (Å²) in [6, 6.07) is 10.5. The Hall–Kier alpha value is -0.940. The molecule has 1 saturated carbocycles. The maximum atomic E-state index is 6.34. The Morgan fingerprint density at radius 3 is 2.73 bits per heavy atom. The van der Waals surface area contributed by atoms with E-state index in [1.54, 1.807) is 0 Å². The van der Waals surface area contributed by atoms with Crippen LogP contribution in [0.1, 0.15) is 43.9 Å². The highest BCUT2D eigenvalue weighted by Crippen LogP contribution is 2.37. The quantitative estimate of drug-likeness (QED) is 0.922. The topological polar surface area (TPSA) is 32.1 Å². The van der Waals surface area contributed by atoms with E-state index in [9.17, 15) is 0 Å². The van der Waals surface area contributed by atoms with E-state index in [1.807, 2.05) is 0 Å². The van der Waals surface area contributed by atoms with Crippen molar-refractivity contribution in [1.82, 2.24) is 0 Å². The molecule has 1 unspecified atom stereocenters. The van der Waals surface area contributed by atoms with Crippen LogP contribution in [0.25, 0.3) is 0 Å². The molecule has 2 aliphatic heterocycles. The fourth-order valence-electron chi connectivity index (χ4n) is 4.09. The Morgan fingerprint density at radius 2 is 1.91 bits per heavy atom. The first-order valence-corrected chi connectivity index (χ1v) is 8.68. The molecular formula is C18H26NO3+. The predicted molar refractivity (Wildman–Crippen MR) is 82.5 cm³/mol. The molecule has 0 aromatic heterocycles. The van der Waals surface area contributed by atoms with Gasteiger partial charge >= 0.3 is 0 Å². The summed E-state index contributed by atoms with van der Waals surface area (Å²) in [4.78, 5) is 1.47. The van der Waals surface area contributed by atoms with Gasteiger partial charge in [-0.25, -0.2) is 0 Å². The zero-order valence-electron chi connectivity index (χ0n) is 13.1. The summed E-state index contributed by atoms with van der Waals surface area (Å²) in [5.74, 6) is -0.259. The standard InChI is InChI=1S/C18H25NO3/c1-3-7-15(8-4-1)17-19(11-12-20-17)13-16-14-21-18(22-16)9-5-2-6-10-18/h1,3-4,7-8,16-17H,2,5-6,9-14H2/p+1/t16-,17+/m1/s1. The van der Waals surface area contributed by atoms with Gasteiger partial charge in [0.05, 0.1) is 6.61 Å². The molecule has 1 N–H and O–H groups in total. The third-order valence-corrected chi connectivity index (χ3v) is 5.20. The number of ether oxygens (including phenoxy) is 3. The van der Waals surface area contributed by atoms with Crippen molar-refractivity contribution in [3.63, 3.8) is 0 Å². The van der Waals surface area contributed by atoms with Crippen LogP contribution >= 0.6 is 0 Å². The lowest BCUT2D eigenvalue weighted by Gasteiger charge is -2.32. The average Bonchev–Trinajstić information content (AvgIpc) is 3.17. The van der Waals surface area contributed by atoms with Gasteiger partial charge in [0, 0.05) is 18.4 Å². The summed E-state index contributed by atoms with van der Waals surface area (Å²) in [5, 5.41) is 0. The Kier molecular flexibility index (Phi) is 4.18. The number of hydrogen-bond acceptors (Lipinski definition) is 3. The second kappa shape index (κ2) is 6.28. The molecule has 0 radical (unpaired) electrons. The summed E-state index contributed by atoms with van der Waals surface area (Å²) >= 11 is 0. The molecule has 1 aromatic carbocycles. The highest BCUT2D eigenvalue weighted by molar-refractivity contribution is 5.15. The van der Waals surface area contributed by atoms with E-state index in [0.717, 1.165) is 39.1 Å². The third kappa shape index (κ3) is 2.93. The maximum Gasteiger partial charge on any atom is 0.218 e. The molecule has 2 heterocycles. The first-order chi connectivity index (χ1) is 10.8. The second-order valence-electron chi connectivity index (χ2n) is 6.80. The molecule has 3 fully saturated rings. The Morgan fingerprint density at radius 1 is 1.09 bits per heavy atom. The van der Waals surface area contributed by atoms with E-state index < -0.39 is 0 Å². The minimum Gasteiger partial charge on any atom is -0.347 e. The van der Waals surface area contributed by atoms with Gasteiger partial charge in [0.2, 0.25) is 6.23 Å². The number of benzene rings is 1. The van der Waals surface area contributed by atoms with Gasteiger partial charge in [-0.15, -0.1) is 0 Å². The molecule has 1 aromatic rings. The lowest BCUT2D eigenvalue weighted by atomic mass is 9.94. The largest absolute Gasteiger partial charge is 0.347 e. The molecule has 4 heteroatoms. The maximum absolute atomic E-state index is 6.34. The lowest BCUT2D eigenvalue weighted by Crippen LogP contribution is -3.11. The first kappa shape index (κ1) is 14.6. The van der Waals surface area contributed by atoms with Crippen molar-refractivity contribution in [2.75, 3.05) is 26.3 Å². The summed E-state index contributed by atoms with van der Waals surface area (Å²) in [6.45, 7) is 3.59. The van der Waals surface area contributed by atoms with E-state index in [2.05, 4.69) is 30.3 Å². The highest BCUT2D eigenvalue weighted by atomic mass is 16.7. The van der Waals surface area contributed by atoms with E-state index in [0.29, 0.717) is 0 Å². The third-order valence-electron chi connectivity index (χ3n) is 5.20. The molecule has 120 valence electrons. The zero-order chi connectivity index (χ0) is 14.8. The summed E-state index contributed by atoms with van der Waals surface area (Å²) < 4.78 is 18.4. The smallest absolute Gasteiger partial charge is 0.218 e. The van der Waals surface area contributed by atoms with Crippen LogP contribution in [0.5, 0.6) is 0 Å². The van der Waals surface area contributed by atoms with Gasteiger partial charge in [0.15, 0.2) is 5.79 Å². The van der Waals surface area contributed by atoms with Crippen molar-refractivity contribution in [2.45, 2.75) is 50.2 Å². The molecule has 3 aliphatic rings. The number of hydrogen-bond donors (Lipinski definition) is 1. The van der Waals surface area contributed by atoms with Crippen molar-refractivity contribution in [3.8, 4) is 0 Å². The van der Waals surface area contributed by atoms with Crippen LogP contribution in [0.4, 0.5) is 0 Å².